The molecule has 1 amide bonds. The highest BCUT2D eigenvalue weighted by molar-refractivity contribution is 7.89. The second kappa shape index (κ2) is 8.54. The normalized spacial score (nSPS) is 10.9. The van der Waals surface area contributed by atoms with Gasteiger partial charge in [0, 0.05) is 5.56 Å². The zero-order chi connectivity index (χ0) is 20.9. The molecule has 1 aromatic heterocycles. The van der Waals surface area contributed by atoms with Crippen molar-refractivity contribution >= 4 is 33.3 Å². The maximum atomic E-state index is 12.4. The van der Waals surface area contributed by atoms with Gasteiger partial charge in [0.2, 0.25) is 0 Å². The first kappa shape index (κ1) is 20.0. The van der Waals surface area contributed by atoms with E-state index < -0.39 is 15.9 Å². The van der Waals surface area contributed by atoms with Crippen LogP contribution >= 0.6 is 0 Å². The molecule has 0 unspecified atom stereocenters. The predicted molar refractivity (Wildman–Crippen MR) is 109 cm³/mol. The predicted octanol–water partition coefficient (Wildman–Crippen LogP) is 1.43. The van der Waals surface area contributed by atoms with Crippen LogP contribution in [0, 0.1) is 6.92 Å². The molecule has 0 atom stereocenters. The van der Waals surface area contributed by atoms with E-state index in [4.69, 9.17) is 5.73 Å². The number of hydrogen-bond acceptors (Lipinski definition) is 8. The van der Waals surface area contributed by atoms with E-state index in [1.165, 1.54) is 12.1 Å². The minimum atomic E-state index is -3.83. The highest BCUT2D eigenvalue weighted by Crippen LogP contribution is 2.21. The van der Waals surface area contributed by atoms with Crippen molar-refractivity contribution in [1.29, 1.82) is 0 Å². The first-order valence-corrected chi connectivity index (χ1v) is 9.91. The van der Waals surface area contributed by atoms with Crippen molar-refractivity contribution in [2.24, 2.45) is 0 Å². The van der Waals surface area contributed by atoms with Crippen molar-refractivity contribution in [3.05, 3.63) is 72.1 Å². The van der Waals surface area contributed by atoms with Gasteiger partial charge in [0.25, 0.3) is 15.9 Å². The number of carbonyl (C=O) groups is 1. The maximum absolute atomic E-state index is 12.4. The highest BCUT2D eigenvalue weighted by atomic mass is 32.2. The van der Waals surface area contributed by atoms with Gasteiger partial charge in [-0.05, 0) is 31.2 Å². The van der Waals surface area contributed by atoms with Gasteiger partial charge in [-0.1, -0.05) is 35.9 Å². The standard InChI is InChI=1S/C18H19N7O3S/c1-12-7-9-14(10-8-12)29(27,28)25-23-17-15(19)16(20-11-21-17)22-24-18(26)13-5-3-2-4-6-13/h2-11,25H,19H2,1H3,(H,24,26)(H2,20,21,22,23). The summed E-state index contributed by atoms with van der Waals surface area (Å²) in [6.45, 7) is 1.86. The third kappa shape index (κ3) is 4.97. The number of aryl methyl sites for hydroxylation is 1. The van der Waals surface area contributed by atoms with Crippen molar-refractivity contribution < 1.29 is 13.2 Å². The number of benzene rings is 2. The van der Waals surface area contributed by atoms with Crippen LogP contribution in [0.25, 0.3) is 0 Å². The zero-order valence-electron chi connectivity index (χ0n) is 15.4. The van der Waals surface area contributed by atoms with E-state index >= 15 is 0 Å². The maximum Gasteiger partial charge on any atom is 0.269 e. The Labute approximate surface area is 167 Å². The van der Waals surface area contributed by atoms with Crippen molar-refractivity contribution in [2.75, 3.05) is 16.6 Å². The summed E-state index contributed by atoms with van der Waals surface area (Å²) >= 11 is 0. The van der Waals surface area contributed by atoms with Crippen LogP contribution in [0.3, 0.4) is 0 Å². The van der Waals surface area contributed by atoms with Crippen molar-refractivity contribution in [3.63, 3.8) is 0 Å². The number of sulfonamides is 1. The average Bonchev–Trinajstić information content (AvgIpc) is 2.73. The summed E-state index contributed by atoms with van der Waals surface area (Å²) in [4.78, 5) is 22.2. The molecule has 1 heterocycles. The van der Waals surface area contributed by atoms with E-state index in [1.54, 1.807) is 42.5 Å². The van der Waals surface area contributed by atoms with Gasteiger partial charge in [-0.2, -0.15) is 0 Å². The lowest BCUT2D eigenvalue weighted by molar-refractivity contribution is 0.0962. The molecule has 11 heteroatoms. The van der Waals surface area contributed by atoms with Crippen LogP contribution in [0.2, 0.25) is 0 Å². The van der Waals surface area contributed by atoms with Gasteiger partial charge in [0.05, 0.1) is 4.90 Å². The molecule has 10 nitrogen and oxygen atoms in total. The van der Waals surface area contributed by atoms with Gasteiger partial charge >= 0.3 is 0 Å². The molecule has 6 N–H and O–H groups in total. The summed E-state index contributed by atoms with van der Waals surface area (Å²) in [7, 11) is -3.83. The highest BCUT2D eigenvalue weighted by Gasteiger charge is 2.16. The van der Waals surface area contributed by atoms with E-state index in [1.807, 2.05) is 6.92 Å². The number of nitrogens with zero attached hydrogens (tertiary/aromatic N) is 2. The van der Waals surface area contributed by atoms with Crippen LogP contribution in [-0.2, 0) is 10.0 Å². The molecule has 0 radical (unpaired) electrons. The van der Waals surface area contributed by atoms with Crippen LogP contribution in [0.4, 0.5) is 17.3 Å². The van der Waals surface area contributed by atoms with E-state index in [2.05, 4.69) is 31.1 Å². The molecule has 3 rings (SSSR count). The van der Waals surface area contributed by atoms with Gasteiger partial charge in [-0.3, -0.25) is 21.1 Å². The Balaban J connectivity index is 1.67. The number of amides is 1. The molecule has 0 saturated carbocycles. The number of hydrogen-bond donors (Lipinski definition) is 5. The first-order chi connectivity index (χ1) is 13.9. The lowest BCUT2D eigenvalue weighted by Gasteiger charge is -2.14. The third-order valence-electron chi connectivity index (χ3n) is 3.85. The number of carbonyl (C=O) groups excluding carboxylic acids is 1. The quantitative estimate of drug-likeness (QED) is 0.365. The van der Waals surface area contributed by atoms with E-state index in [0.29, 0.717) is 5.56 Å². The van der Waals surface area contributed by atoms with Crippen LogP contribution in [0.15, 0.2) is 65.8 Å². The Bertz CT molecular complexity index is 1100. The van der Waals surface area contributed by atoms with E-state index in [0.717, 1.165) is 11.9 Å². The number of nitrogens with two attached hydrogens (primary N) is 1. The lowest BCUT2D eigenvalue weighted by atomic mass is 10.2. The Hall–Kier alpha value is -3.70. The smallest absolute Gasteiger partial charge is 0.269 e. The molecular weight excluding hydrogens is 394 g/mol. The summed E-state index contributed by atoms with van der Waals surface area (Å²) in [5.74, 6) is -0.272. The van der Waals surface area contributed by atoms with Crippen LogP contribution < -0.4 is 26.8 Å². The van der Waals surface area contributed by atoms with Crippen molar-refractivity contribution in [1.82, 2.24) is 20.2 Å². The van der Waals surface area contributed by atoms with Crippen LogP contribution in [0.5, 0.6) is 0 Å². The fraction of sp³-hybridized carbons (Fsp3) is 0.0556. The van der Waals surface area contributed by atoms with Crippen LogP contribution in [-0.4, -0.2) is 24.3 Å². The Kier molecular flexibility index (Phi) is 5.90. The summed E-state index contributed by atoms with van der Waals surface area (Å²) in [6.07, 6.45) is 1.16. The minimum Gasteiger partial charge on any atom is -0.393 e. The fourth-order valence-electron chi connectivity index (χ4n) is 2.26. The Morgan fingerprint density at radius 3 is 2.21 bits per heavy atom. The molecule has 0 aliphatic rings. The topological polar surface area (TPSA) is 151 Å². The van der Waals surface area contributed by atoms with Gasteiger partial charge in [-0.15, -0.1) is 4.83 Å². The molecule has 0 saturated heterocycles. The molecule has 0 bridgehead atoms. The largest absolute Gasteiger partial charge is 0.393 e. The van der Waals surface area contributed by atoms with Gasteiger partial charge in [0.1, 0.15) is 12.0 Å². The summed E-state index contributed by atoms with van der Waals surface area (Å²) in [6, 6.07) is 14.9. The molecule has 0 aliphatic carbocycles. The molecule has 0 spiro atoms. The molecule has 0 fully saturated rings. The number of nitrogens with one attached hydrogen (secondary N) is 4. The molecule has 0 aliphatic heterocycles. The number of rotatable bonds is 7. The van der Waals surface area contributed by atoms with E-state index in [9.17, 15) is 13.2 Å². The average molecular weight is 413 g/mol. The second-order valence-electron chi connectivity index (χ2n) is 5.97. The minimum absolute atomic E-state index is 0.00691. The number of aromatic nitrogens is 2. The molecule has 2 aromatic carbocycles. The summed E-state index contributed by atoms with van der Waals surface area (Å²) in [5, 5.41) is 0. The van der Waals surface area contributed by atoms with E-state index in [-0.39, 0.29) is 22.2 Å². The first-order valence-electron chi connectivity index (χ1n) is 8.43. The van der Waals surface area contributed by atoms with Crippen molar-refractivity contribution in [3.8, 4) is 0 Å². The van der Waals surface area contributed by atoms with Crippen molar-refractivity contribution in [2.45, 2.75) is 11.8 Å². The second-order valence-corrected chi connectivity index (χ2v) is 7.66. The van der Waals surface area contributed by atoms with Gasteiger partial charge in [0.15, 0.2) is 11.6 Å². The molecule has 29 heavy (non-hydrogen) atoms. The number of hydrazine groups is 2. The zero-order valence-corrected chi connectivity index (χ0v) is 16.2. The number of nitrogen functional groups attached to an aromatic ring is 1. The third-order valence-corrected chi connectivity index (χ3v) is 5.11. The summed E-state index contributed by atoms with van der Waals surface area (Å²) in [5.41, 5.74) is 14.9. The molecule has 3 aromatic rings. The number of anilines is 3. The lowest BCUT2D eigenvalue weighted by Crippen LogP contribution is -2.32. The Morgan fingerprint density at radius 2 is 1.55 bits per heavy atom. The van der Waals surface area contributed by atoms with Crippen LogP contribution in [0.1, 0.15) is 15.9 Å². The van der Waals surface area contributed by atoms with Gasteiger partial charge < -0.3 is 5.73 Å². The molecule has 150 valence electrons. The van der Waals surface area contributed by atoms with Gasteiger partial charge in [-0.25, -0.2) is 18.4 Å². The SMILES string of the molecule is Cc1ccc(S(=O)(=O)NNc2ncnc(NNC(=O)c3ccccc3)c2N)cc1. The Morgan fingerprint density at radius 1 is 0.931 bits per heavy atom. The monoisotopic (exact) mass is 413 g/mol. The summed E-state index contributed by atoms with van der Waals surface area (Å²) < 4.78 is 24.7. The fourth-order valence-corrected chi connectivity index (χ4v) is 3.11. The molecular formula is C18H19N7O3S.